The van der Waals surface area contributed by atoms with Crippen molar-refractivity contribution in [2.75, 3.05) is 18.5 Å². The summed E-state index contributed by atoms with van der Waals surface area (Å²) in [6.07, 6.45) is 0. The van der Waals surface area contributed by atoms with Crippen LogP contribution in [0, 0.1) is 11.6 Å². The van der Waals surface area contributed by atoms with Crippen LogP contribution < -0.4 is 14.8 Å². The van der Waals surface area contributed by atoms with E-state index in [1.54, 1.807) is 28.9 Å². The Kier molecular flexibility index (Phi) is 4.68. The van der Waals surface area contributed by atoms with Crippen molar-refractivity contribution in [1.82, 2.24) is 9.78 Å². The zero-order valence-electron chi connectivity index (χ0n) is 15.0. The molecule has 0 fully saturated rings. The Hall–Kier alpha value is -3.42. The van der Waals surface area contributed by atoms with Crippen molar-refractivity contribution >= 4 is 11.6 Å². The molecule has 0 unspecified atom stereocenters. The molecule has 2 heterocycles. The second-order valence-corrected chi connectivity index (χ2v) is 6.17. The molecule has 0 saturated carbocycles. The van der Waals surface area contributed by atoms with Gasteiger partial charge < -0.3 is 14.8 Å². The number of aromatic nitrogens is 2. The van der Waals surface area contributed by atoms with Gasteiger partial charge >= 0.3 is 0 Å². The van der Waals surface area contributed by atoms with Gasteiger partial charge in [-0.05, 0) is 43.3 Å². The van der Waals surface area contributed by atoms with Crippen molar-refractivity contribution < 1.29 is 23.0 Å². The van der Waals surface area contributed by atoms with Gasteiger partial charge in [-0.1, -0.05) is 0 Å². The van der Waals surface area contributed by atoms with Crippen molar-refractivity contribution in [2.24, 2.45) is 0 Å². The first kappa shape index (κ1) is 18.0. The van der Waals surface area contributed by atoms with Crippen LogP contribution in [0.4, 0.5) is 14.5 Å². The van der Waals surface area contributed by atoms with Crippen molar-refractivity contribution in [3.05, 3.63) is 59.8 Å². The average Bonchev–Trinajstić information content (AvgIpc) is 3.14. The quantitative estimate of drug-likeness (QED) is 0.740. The van der Waals surface area contributed by atoms with E-state index in [-0.39, 0.29) is 5.69 Å². The predicted molar refractivity (Wildman–Crippen MR) is 98.6 cm³/mol. The number of halogens is 2. The lowest BCUT2D eigenvalue weighted by Crippen LogP contribution is -2.16. The maximum Gasteiger partial charge on any atom is 0.276 e. The summed E-state index contributed by atoms with van der Waals surface area (Å²) in [5, 5.41) is 7.03. The van der Waals surface area contributed by atoms with E-state index in [4.69, 9.17) is 9.47 Å². The highest BCUT2D eigenvalue weighted by Crippen LogP contribution is 2.32. The van der Waals surface area contributed by atoms with E-state index in [0.717, 1.165) is 12.1 Å². The largest absolute Gasteiger partial charge is 0.486 e. The number of nitrogens with one attached hydrogen (secondary N) is 1. The molecule has 0 aliphatic carbocycles. The summed E-state index contributed by atoms with van der Waals surface area (Å²) >= 11 is 0. The molecule has 144 valence electrons. The summed E-state index contributed by atoms with van der Waals surface area (Å²) in [6.45, 7) is 3.24. The maximum absolute atomic E-state index is 13.6. The number of rotatable bonds is 4. The summed E-state index contributed by atoms with van der Waals surface area (Å²) in [5.41, 5.74) is 1.66. The van der Waals surface area contributed by atoms with Crippen molar-refractivity contribution in [3.8, 4) is 22.8 Å². The number of aryl methyl sites for hydroxylation is 1. The van der Waals surface area contributed by atoms with Crippen LogP contribution >= 0.6 is 0 Å². The van der Waals surface area contributed by atoms with Crippen LogP contribution in [-0.2, 0) is 6.54 Å². The van der Waals surface area contributed by atoms with Crippen LogP contribution in [0.25, 0.3) is 11.3 Å². The third kappa shape index (κ3) is 3.40. The van der Waals surface area contributed by atoms with Gasteiger partial charge in [0, 0.05) is 23.9 Å². The minimum atomic E-state index is -0.955. The lowest BCUT2D eigenvalue weighted by atomic mass is 10.1. The highest BCUT2D eigenvalue weighted by molar-refractivity contribution is 6.03. The van der Waals surface area contributed by atoms with Gasteiger partial charge in [-0.15, -0.1) is 0 Å². The Balaban J connectivity index is 1.59. The molecule has 1 aliphatic heterocycles. The third-order valence-corrected chi connectivity index (χ3v) is 4.33. The van der Waals surface area contributed by atoms with E-state index in [9.17, 15) is 13.6 Å². The highest BCUT2D eigenvalue weighted by Gasteiger charge is 2.18. The van der Waals surface area contributed by atoms with E-state index < -0.39 is 17.5 Å². The molecule has 0 spiro atoms. The lowest BCUT2D eigenvalue weighted by Gasteiger charge is -2.18. The van der Waals surface area contributed by atoms with Crippen LogP contribution in [0.1, 0.15) is 17.4 Å². The van der Waals surface area contributed by atoms with Gasteiger partial charge in [0.25, 0.3) is 5.91 Å². The van der Waals surface area contributed by atoms with Crippen LogP contribution in [0.3, 0.4) is 0 Å². The third-order valence-electron chi connectivity index (χ3n) is 4.33. The molecule has 2 aromatic carbocycles. The van der Waals surface area contributed by atoms with Crippen LogP contribution in [-0.4, -0.2) is 28.9 Å². The first-order valence-corrected chi connectivity index (χ1v) is 8.79. The number of ether oxygens (including phenoxy) is 2. The van der Waals surface area contributed by atoms with Crippen LogP contribution in [0.2, 0.25) is 0 Å². The smallest absolute Gasteiger partial charge is 0.276 e. The molecule has 1 N–H and O–H groups in total. The van der Waals surface area contributed by atoms with Gasteiger partial charge in [0.15, 0.2) is 28.8 Å². The van der Waals surface area contributed by atoms with E-state index in [1.165, 1.54) is 6.07 Å². The summed E-state index contributed by atoms with van der Waals surface area (Å²) in [6, 6.07) is 10.2. The lowest BCUT2D eigenvalue weighted by molar-refractivity contribution is 0.102. The summed E-state index contributed by atoms with van der Waals surface area (Å²) in [7, 11) is 0. The van der Waals surface area contributed by atoms with Gasteiger partial charge in [-0.3, -0.25) is 9.48 Å². The molecule has 6 nitrogen and oxygen atoms in total. The zero-order chi connectivity index (χ0) is 19.7. The van der Waals surface area contributed by atoms with Gasteiger partial charge in [0.2, 0.25) is 0 Å². The van der Waals surface area contributed by atoms with E-state index in [0.29, 0.717) is 48.2 Å². The van der Waals surface area contributed by atoms with E-state index in [2.05, 4.69) is 10.4 Å². The van der Waals surface area contributed by atoms with Crippen LogP contribution in [0.5, 0.6) is 11.5 Å². The molecule has 1 aliphatic rings. The molecule has 3 aromatic rings. The molecule has 0 saturated heterocycles. The first-order chi connectivity index (χ1) is 13.5. The molecule has 0 radical (unpaired) electrons. The number of hydrogen-bond donors (Lipinski definition) is 1. The molecular formula is C20H17F2N3O3. The fourth-order valence-corrected chi connectivity index (χ4v) is 2.97. The molecule has 4 rings (SSSR count). The standard InChI is InChI=1S/C20H17F2N3O3/c1-2-25-17(12-3-5-14(21)15(22)9-12)11-16(24-25)20(26)23-13-4-6-18-19(10-13)28-8-7-27-18/h3-6,9-11H,2,7-8H2,1H3,(H,23,26). The molecule has 0 atom stereocenters. The van der Waals surface area contributed by atoms with Crippen molar-refractivity contribution in [3.63, 3.8) is 0 Å². The summed E-state index contributed by atoms with van der Waals surface area (Å²) in [5.74, 6) is -1.12. The van der Waals surface area contributed by atoms with Gasteiger partial charge in [-0.25, -0.2) is 8.78 Å². The Morgan fingerprint density at radius 3 is 2.61 bits per heavy atom. The number of carbonyl (C=O) groups excluding carboxylic acids is 1. The maximum atomic E-state index is 13.6. The molecule has 8 heteroatoms. The number of amides is 1. The predicted octanol–water partition coefficient (Wildman–Crippen LogP) is 3.87. The Morgan fingerprint density at radius 1 is 1.07 bits per heavy atom. The molecule has 0 bridgehead atoms. The minimum absolute atomic E-state index is 0.163. The number of anilines is 1. The molecule has 1 aromatic heterocycles. The summed E-state index contributed by atoms with van der Waals surface area (Å²) < 4.78 is 39.3. The van der Waals surface area contributed by atoms with Gasteiger partial charge in [-0.2, -0.15) is 5.10 Å². The zero-order valence-corrected chi connectivity index (χ0v) is 15.0. The number of benzene rings is 2. The highest BCUT2D eigenvalue weighted by atomic mass is 19.2. The fourth-order valence-electron chi connectivity index (χ4n) is 2.97. The monoisotopic (exact) mass is 385 g/mol. The summed E-state index contributed by atoms with van der Waals surface area (Å²) in [4.78, 5) is 12.6. The van der Waals surface area contributed by atoms with Crippen molar-refractivity contribution in [1.29, 1.82) is 0 Å². The Bertz CT molecular complexity index is 1050. The normalized spacial score (nSPS) is 12.7. The second-order valence-electron chi connectivity index (χ2n) is 6.17. The SMILES string of the molecule is CCn1nc(C(=O)Nc2ccc3c(c2)OCCO3)cc1-c1ccc(F)c(F)c1. The number of hydrogen-bond acceptors (Lipinski definition) is 4. The van der Waals surface area contributed by atoms with Crippen LogP contribution in [0.15, 0.2) is 42.5 Å². The second kappa shape index (κ2) is 7.30. The number of nitrogens with zero attached hydrogens (tertiary/aromatic N) is 2. The van der Waals surface area contributed by atoms with E-state index >= 15 is 0 Å². The number of carbonyl (C=O) groups is 1. The van der Waals surface area contributed by atoms with Gasteiger partial charge in [0.1, 0.15) is 13.2 Å². The topological polar surface area (TPSA) is 65.4 Å². The minimum Gasteiger partial charge on any atom is -0.486 e. The molecule has 28 heavy (non-hydrogen) atoms. The fraction of sp³-hybridized carbons (Fsp3) is 0.200. The Morgan fingerprint density at radius 2 is 1.86 bits per heavy atom. The molecular weight excluding hydrogens is 368 g/mol. The van der Waals surface area contributed by atoms with Crippen molar-refractivity contribution in [2.45, 2.75) is 13.5 Å². The van der Waals surface area contributed by atoms with Gasteiger partial charge in [0.05, 0.1) is 5.69 Å². The Labute approximate surface area is 159 Å². The molecule has 1 amide bonds. The first-order valence-electron chi connectivity index (χ1n) is 8.79. The average molecular weight is 385 g/mol. The number of fused-ring (bicyclic) bond motifs is 1. The van der Waals surface area contributed by atoms with E-state index in [1.807, 2.05) is 6.92 Å².